The Kier molecular flexibility index (Phi) is 2.82. The molecule has 0 unspecified atom stereocenters. The lowest BCUT2D eigenvalue weighted by molar-refractivity contribution is 0.341. The van der Waals surface area contributed by atoms with Gasteiger partial charge in [-0.1, -0.05) is 25.4 Å². The highest BCUT2D eigenvalue weighted by Crippen LogP contribution is 2.21. The molecule has 1 aromatic heterocycles. The molecule has 2 heterocycles. The van der Waals surface area contributed by atoms with Crippen molar-refractivity contribution in [3.8, 4) is 0 Å². The van der Waals surface area contributed by atoms with Crippen LogP contribution in [0.2, 0.25) is 0 Å². The molecule has 0 aromatic carbocycles. The maximum absolute atomic E-state index is 5.18. The highest BCUT2D eigenvalue weighted by Gasteiger charge is 2.20. The molecule has 78 valence electrons. The summed E-state index contributed by atoms with van der Waals surface area (Å²) in [5.41, 5.74) is 0. The monoisotopic (exact) mass is 195 g/mol. The molecule has 1 N–H and O–H groups in total. The molecule has 1 aliphatic heterocycles. The van der Waals surface area contributed by atoms with E-state index in [0.29, 0.717) is 12.0 Å². The number of aromatic nitrogens is 2. The van der Waals surface area contributed by atoms with Crippen molar-refractivity contribution in [1.29, 1.82) is 0 Å². The van der Waals surface area contributed by atoms with E-state index in [-0.39, 0.29) is 0 Å². The molecule has 1 aromatic rings. The van der Waals surface area contributed by atoms with Crippen LogP contribution in [0, 0.1) is 0 Å². The van der Waals surface area contributed by atoms with Crippen LogP contribution in [-0.4, -0.2) is 16.7 Å². The standard InChI is InChI=1S/C10H17N3O/c1-7(2)10-12-9(13-14-10)8-5-3-4-6-11-8/h7-8,11H,3-6H2,1-2H3/t8-/m0/s1. The SMILES string of the molecule is CC(C)c1nc([C@@H]2CCCCN2)no1. The molecule has 1 fully saturated rings. The van der Waals surface area contributed by atoms with Gasteiger partial charge in [0.1, 0.15) is 0 Å². The average Bonchev–Trinajstić information content (AvgIpc) is 2.68. The fraction of sp³-hybridized carbons (Fsp3) is 0.800. The second-order valence-corrected chi connectivity index (χ2v) is 4.15. The summed E-state index contributed by atoms with van der Waals surface area (Å²) >= 11 is 0. The largest absolute Gasteiger partial charge is 0.339 e. The summed E-state index contributed by atoms with van der Waals surface area (Å²) in [6.07, 6.45) is 3.63. The summed E-state index contributed by atoms with van der Waals surface area (Å²) in [5, 5.41) is 7.42. The van der Waals surface area contributed by atoms with Gasteiger partial charge in [-0.05, 0) is 19.4 Å². The smallest absolute Gasteiger partial charge is 0.229 e. The Hall–Kier alpha value is -0.900. The van der Waals surface area contributed by atoms with E-state index in [1.54, 1.807) is 0 Å². The molecule has 2 rings (SSSR count). The molecule has 1 aliphatic rings. The molecular weight excluding hydrogens is 178 g/mol. The molecule has 4 heteroatoms. The van der Waals surface area contributed by atoms with E-state index in [1.807, 2.05) is 0 Å². The molecule has 14 heavy (non-hydrogen) atoms. The van der Waals surface area contributed by atoms with E-state index in [9.17, 15) is 0 Å². The van der Waals surface area contributed by atoms with Crippen molar-refractivity contribution >= 4 is 0 Å². The Morgan fingerprint density at radius 1 is 1.43 bits per heavy atom. The van der Waals surface area contributed by atoms with Crippen LogP contribution >= 0.6 is 0 Å². The fourth-order valence-corrected chi connectivity index (χ4v) is 1.70. The lowest BCUT2D eigenvalue weighted by Gasteiger charge is -2.19. The minimum absolute atomic E-state index is 0.306. The number of hydrogen-bond donors (Lipinski definition) is 1. The average molecular weight is 195 g/mol. The summed E-state index contributed by atoms with van der Waals surface area (Å²) in [6.45, 7) is 5.19. The van der Waals surface area contributed by atoms with E-state index in [1.165, 1.54) is 12.8 Å². The molecule has 0 saturated carbocycles. The van der Waals surface area contributed by atoms with Crippen LogP contribution in [0.5, 0.6) is 0 Å². The first kappa shape index (κ1) is 9.65. The van der Waals surface area contributed by atoms with Crippen molar-refractivity contribution in [2.75, 3.05) is 6.54 Å². The van der Waals surface area contributed by atoms with Crippen LogP contribution in [0.25, 0.3) is 0 Å². The Labute approximate surface area is 84.1 Å². The first-order valence-electron chi connectivity index (χ1n) is 5.34. The van der Waals surface area contributed by atoms with Crippen molar-refractivity contribution in [3.05, 3.63) is 11.7 Å². The first-order chi connectivity index (χ1) is 6.77. The van der Waals surface area contributed by atoms with Crippen LogP contribution in [0.1, 0.15) is 56.8 Å². The van der Waals surface area contributed by atoms with Crippen LogP contribution in [0.15, 0.2) is 4.52 Å². The number of rotatable bonds is 2. The van der Waals surface area contributed by atoms with Gasteiger partial charge < -0.3 is 9.84 Å². The summed E-state index contributed by atoms with van der Waals surface area (Å²) in [5.74, 6) is 1.89. The van der Waals surface area contributed by atoms with E-state index in [0.717, 1.165) is 24.7 Å². The van der Waals surface area contributed by atoms with Crippen molar-refractivity contribution < 1.29 is 4.52 Å². The van der Waals surface area contributed by atoms with Crippen molar-refractivity contribution in [3.63, 3.8) is 0 Å². The third-order valence-corrected chi connectivity index (χ3v) is 2.57. The maximum atomic E-state index is 5.18. The van der Waals surface area contributed by atoms with Crippen LogP contribution in [0.3, 0.4) is 0 Å². The van der Waals surface area contributed by atoms with E-state index < -0.39 is 0 Å². The number of hydrogen-bond acceptors (Lipinski definition) is 4. The summed E-state index contributed by atoms with van der Waals surface area (Å²) < 4.78 is 5.18. The minimum atomic E-state index is 0.306. The second-order valence-electron chi connectivity index (χ2n) is 4.15. The van der Waals surface area contributed by atoms with Gasteiger partial charge in [-0.25, -0.2) is 0 Å². The highest BCUT2D eigenvalue weighted by molar-refractivity contribution is 4.97. The number of nitrogens with one attached hydrogen (secondary N) is 1. The Morgan fingerprint density at radius 2 is 2.29 bits per heavy atom. The normalized spacial score (nSPS) is 22.9. The van der Waals surface area contributed by atoms with Gasteiger partial charge in [-0.3, -0.25) is 0 Å². The Balaban J connectivity index is 2.07. The molecule has 4 nitrogen and oxygen atoms in total. The number of nitrogens with zero attached hydrogens (tertiary/aromatic N) is 2. The maximum Gasteiger partial charge on any atom is 0.229 e. The van der Waals surface area contributed by atoms with Gasteiger partial charge in [0.2, 0.25) is 5.89 Å². The zero-order valence-corrected chi connectivity index (χ0v) is 8.79. The second kappa shape index (κ2) is 4.09. The lowest BCUT2D eigenvalue weighted by atomic mass is 10.0. The van der Waals surface area contributed by atoms with Crippen LogP contribution < -0.4 is 5.32 Å². The third kappa shape index (κ3) is 1.95. The molecule has 0 aliphatic carbocycles. The van der Waals surface area contributed by atoms with E-state index >= 15 is 0 Å². The molecule has 0 amide bonds. The minimum Gasteiger partial charge on any atom is -0.339 e. The Morgan fingerprint density at radius 3 is 2.86 bits per heavy atom. The third-order valence-electron chi connectivity index (χ3n) is 2.57. The zero-order chi connectivity index (χ0) is 9.97. The van der Waals surface area contributed by atoms with E-state index in [4.69, 9.17) is 4.52 Å². The molecule has 1 atom stereocenters. The molecule has 0 bridgehead atoms. The van der Waals surface area contributed by atoms with Crippen molar-refractivity contribution in [2.45, 2.75) is 45.1 Å². The van der Waals surface area contributed by atoms with Crippen LogP contribution in [-0.2, 0) is 0 Å². The summed E-state index contributed by atoms with van der Waals surface area (Å²) in [7, 11) is 0. The highest BCUT2D eigenvalue weighted by atomic mass is 16.5. The zero-order valence-electron chi connectivity index (χ0n) is 8.79. The van der Waals surface area contributed by atoms with Crippen molar-refractivity contribution in [2.24, 2.45) is 0 Å². The fourth-order valence-electron chi connectivity index (χ4n) is 1.70. The lowest BCUT2D eigenvalue weighted by Crippen LogP contribution is -2.27. The molecule has 0 spiro atoms. The predicted molar refractivity (Wildman–Crippen MR) is 53.0 cm³/mol. The van der Waals surface area contributed by atoms with Gasteiger partial charge in [-0.15, -0.1) is 0 Å². The topological polar surface area (TPSA) is 51.0 Å². The van der Waals surface area contributed by atoms with Gasteiger partial charge in [-0.2, -0.15) is 4.98 Å². The summed E-state index contributed by atoms with van der Waals surface area (Å²) in [4.78, 5) is 4.39. The van der Waals surface area contributed by atoms with Crippen LogP contribution in [0.4, 0.5) is 0 Å². The van der Waals surface area contributed by atoms with E-state index in [2.05, 4.69) is 29.3 Å². The number of piperidine rings is 1. The van der Waals surface area contributed by atoms with Gasteiger partial charge >= 0.3 is 0 Å². The quantitative estimate of drug-likeness (QED) is 0.784. The van der Waals surface area contributed by atoms with Gasteiger partial charge in [0.15, 0.2) is 5.82 Å². The molecular formula is C10H17N3O. The van der Waals surface area contributed by atoms with Gasteiger partial charge in [0.05, 0.1) is 6.04 Å². The molecule has 0 radical (unpaired) electrons. The first-order valence-corrected chi connectivity index (χ1v) is 5.34. The Bertz CT molecular complexity index is 289. The summed E-state index contributed by atoms with van der Waals surface area (Å²) in [6, 6.07) is 0.306. The van der Waals surface area contributed by atoms with Gasteiger partial charge in [0.25, 0.3) is 0 Å². The van der Waals surface area contributed by atoms with Gasteiger partial charge in [0, 0.05) is 5.92 Å². The predicted octanol–water partition coefficient (Wildman–Crippen LogP) is 2.01. The van der Waals surface area contributed by atoms with Crippen molar-refractivity contribution in [1.82, 2.24) is 15.5 Å². The molecule has 1 saturated heterocycles.